The summed E-state index contributed by atoms with van der Waals surface area (Å²) >= 11 is 1.71. The third kappa shape index (κ3) is 3.32. The van der Waals surface area contributed by atoms with Gasteiger partial charge in [-0.25, -0.2) is 0 Å². The molecule has 0 unspecified atom stereocenters. The van der Waals surface area contributed by atoms with E-state index in [1.54, 1.807) is 11.3 Å². The van der Waals surface area contributed by atoms with E-state index in [4.69, 9.17) is 5.73 Å². The Morgan fingerprint density at radius 1 is 1.29 bits per heavy atom. The van der Waals surface area contributed by atoms with E-state index in [0.29, 0.717) is 18.5 Å². The predicted molar refractivity (Wildman–Crippen MR) is 87.1 cm³/mol. The van der Waals surface area contributed by atoms with Crippen LogP contribution in [0.2, 0.25) is 0 Å². The molecule has 1 heterocycles. The van der Waals surface area contributed by atoms with Gasteiger partial charge in [0.2, 0.25) is 5.91 Å². The molecule has 2 aliphatic rings. The van der Waals surface area contributed by atoms with Crippen LogP contribution in [-0.2, 0) is 11.3 Å². The highest BCUT2D eigenvalue weighted by molar-refractivity contribution is 7.07. The quantitative estimate of drug-likeness (QED) is 0.846. The number of hydrogen-bond acceptors (Lipinski definition) is 3. The van der Waals surface area contributed by atoms with E-state index < -0.39 is 0 Å². The first-order valence-corrected chi connectivity index (χ1v) is 9.22. The third-order valence-electron chi connectivity index (χ3n) is 5.09. The van der Waals surface area contributed by atoms with Gasteiger partial charge in [0.25, 0.3) is 0 Å². The van der Waals surface area contributed by atoms with Crippen LogP contribution >= 0.6 is 11.3 Å². The SMILES string of the molecule is NCC1(C(=O)N(Cc2ccsc2)C2CC2)CCCCCC1. The number of nitrogens with two attached hydrogens (primary N) is 1. The average molecular weight is 306 g/mol. The van der Waals surface area contributed by atoms with Gasteiger partial charge in [-0.15, -0.1) is 0 Å². The first-order valence-electron chi connectivity index (χ1n) is 8.27. The number of carbonyl (C=O) groups is 1. The molecule has 0 bridgehead atoms. The van der Waals surface area contributed by atoms with Crippen molar-refractivity contribution in [3.8, 4) is 0 Å². The number of thiophene rings is 1. The molecule has 2 N–H and O–H groups in total. The minimum Gasteiger partial charge on any atom is -0.335 e. The molecule has 2 fully saturated rings. The molecule has 0 saturated heterocycles. The molecule has 1 amide bonds. The summed E-state index contributed by atoms with van der Waals surface area (Å²) in [5, 5.41) is 4.25. The van der Waals surface area contributed by atoms with Crippen molar-refractivity contribution in [2.75, 3.05) is 6.54 Å². The van der Waals surface area contributed by atoms with Crippen LogP contribution < -0.4 is 5.73 Å². The zero-order chi connectivity index (χ0) is 14.7. The first-order chi connectivity index (χ1) is 10.2. The zero-order valence-electron chi connectivity index (χ0n) is 12.7. The lowest BCUT2D eigenvalue weighted by Crippen LogP contribution is -2.48. The van der Waals surface area contributed by atoms with Crippen molar-refractivity contribution < 1.29 is 4.79 Å². The Kier molecular flexibility index (Phi) is 4.65. The number of carbonyl (C=O) groups excluding carboxylic acids is 1. The van der Waals surface area contributed by atoms with E-state index in [1.165, 1.54) is 18.4 Å². The van der Waals surface area contributed by atoms with Crippen LogP contribution in [0.25, 0.3) is 0 Å². The summed E-state index contributed by atoms with van der Waals surface area (Å²) in [7, 11) is 0. The van der Waals surface area contributed by atoms with Gasteiger partial charge in [-0.2, -0.15) is 11.3 Å². The molecule has 1 aromatic heterocycles. The van der Waals surface area contributed by atoms with E-state index in [-0.39, 0.29) is 5.41 Å². The molecule has 0 atom stereocenters. The van der Waals surface area contributed by atoms with Crippen molar-refractivity contribution in [3.05, 3.63) is 22.4 Å². The fraction of sp³-hybridized carbons (Fsp3) is 0.706. The average Bonchev–Trinajstić information content (AvgIpc) is 3.27. The van der Waals surface area contributed by atoms with Gasteiger partial charge < -0.3 is 10.6 Å². The lowest BCUT2D eigenvalue weighted by Gasteiger charge is -2.36. The lowest BCUT2D eigenvalue weighted by atomic mass is 9.79. The van der Waals surface area contributed by atoms with Crippen molar-refractivity contribution in [2.45, 2.75) is 64.0 Å². The molecule has 4 heteroatoms. The van der Waals surface area contributed by atoms with E-state index in [1.807, 2.05) is 0 Å². The molecule has 116 valence electrons. The molecular formula is C17H26N2OS. The largest absolute Gasteiger partial charge is 0.335 e. The summed E-state index contributed by atoms with van der Waals surface area (Å²) in [5.41, 5.74) is 7.08. The van der Waals surface area contributed by atoms with E-state index in [9.17, 15) is 4.79 Å². The maximum absolute atomic E-state index is 13.3. The van der Waals surface area contributed by atoms with E-state index >= 15 is 0 Å². The fourth-order valence-corrected chi connectivity index (χ4v) is 4.21. The number of nitrogens with zero attached hydrogens (tertiary/aromatic N) is 1. The lowest BCUT2D eigenvalue weighted by molar-refractivity contribution is -0.144. The molecule has 0 spiro atoms. The Morgan fingerprint density at radius 2 is 2.00 bits per heavy atom. The van der Waals surface area contributed by atoms with Gasteiger partial charge in [0, 0.05) is 19.1 Å². The predicted octanol–water partition coefficient (Wildman–Crippen LogP) is 3.54. The van der Waals surface area contributed by atoms with Crippen LogP contribution in [0.4, 0.5) is 0 Å². The van der Waals surface area contributed by atoms with Crippen molar-refractivity contribution >= 4 is 17.2 Å². The second kappa shape index (κ2) is 6.49. The summed E-state index contributed by atoms with van der Waals surface area (Å²) in [6.07, 6.45) is 9.10. The van der Waals surface area contributed by atoms with Gasteiger partial charge >= 0.3 is 0 Å². The van der Waals surface area contributed by atoms with Crippen molar-refractivity contribution in [1.82, 2.24) is 4.90 Å². The number of rotatable bonds is 5. The Balaban J connectivity index is 1.78. The van der Waals surface area contributed by atoms with Crippen LogP contribution in [-0.4, -0.2) is 23.4 Å². The summed E-state index contributed by atoms with van der Waals surface area (Å²) in [6, 6.07) is 2.60. The minimum atomic E-state index is -0.283. The van der Waals surface area contributed by atoms with Crippen molar-refractivity contribution in [3.63, 3.8) is 0 Å². The Hall–Kier alpha value is -0.870. The second-order valence-electron chi connectivity index (χ2n) is 6.69. The molecular weight excluding hydrogens is 280 g/mol. The summed E-state index contributed by atoms with van der Waals surface area (Å²) in [5.74, 6) is 0.334. The van der Waals surface area contributed by atoms with E-state index in [2.05, 4.69) is 21.7 Å². The van der Waals surface area contributed by atoms with Gasteiger partial charge in [0.05, 0.1) is 5.41 Å². The second-order valence-corrected chi connectivity index (χ2v) is 7.47. The maximum Gasteiger partial charge on any atom is 0.230 e. The van der Waals surface area contributed by atoms with Gasteiger partial charge in [0.15, 0.2) is 0 Å². The molecule has 2 aliphatic carbocycles. The van der Waals surface area contributed by atoms with Gasteiger partial charge in [-0.1, -0.05) is 25.7 Å². The molecule has 0 radical (unpaired) electrons. The van der Waals surface area contributed by atoms with Gasteiger partial charge in [0.1, 0.15) is 0 Å². The molecule has 2 saturated carbocycles. The van der Waals surface area contributed by atoms with Gasteiger partial charge in [-0.05, 0) is 48.1 Å². The van der Waals surface area contributed by atoms with Crippen LogP contribution in [0, 0.1) is 5.41 Å². The van der Waals surface area contributed by atoms with Crippen LogP contribution in [0.15, 0.2) is 16.8 Å². The smallest absolute Gasteiger partial charge is 0.230 e. The highest BCUT2D eigenvalue weighted by atomic mass is 32.1. The molecule has 3 rings (SSSR count). The van der Waals surface area contributed by atoms with E-state index in [0.717, 1.165) is 45.1 Å². The fourth-order valence-electron chi connectivity index (χ4n) is 3.55. The summed E-state index contributed by atoms with van der Waals surface area (Å²) in [4.78, 5) is 15.4. The molecule has 0 aliphatic heterocycles. The topological polar surface area (TPSA) is 46.3 Å². The van der Waals surface area contributed by atoms with Crippen LogP contribution in [0.1, 0.15) is 56.9 Å². The number of hydrogen-bond donors (Lipinski definition) is 1. The summed E-state index contributed by atoms with van der Waals surface area (Å²) in [6.45, 7) is 1.29. The standard InChI is InChI=1S/C17H26N2OS/c18-13-17(8-3-1-2-4-9-17)16(20)19(15-5-6-15)11-14-7-10-21-12-14/h7,10,12,15H,1-6,8-9,11,13,18H2. The first kappa shape index (κ1) is 15.0. The van der Waals surface area contributed by atoms with Crippen molar-refractivity contribution in [1.29, 1.82) is 0 Å². The highest BCUT2D eigenvalue weighted by Crippen LogP contribution is 2.39. The third-order valence-corrected chi connectivity index (χ3v) is 5.82. The Bertz CT molecular complexity index is 459. The Morgan fingerprint density at radius 3 is 2.52 bits per heavy atom. The Labute approximate surface area is 131 Å². The normalized spacial score (nSPS) is 21.8. The zero-order valence-corrected chi connectivity index (χ0v) is 13.5. The molecule has 3 nitrogen and oxygen atoms in total. The van der Waals surface area contributed by atoms with Crippen LogP contribution in [0.3, 0.4) is 0 Å². The molecule has 0 aromatic carbocycles. The maximum atomic E-state index is 13.3. The summed E-state index contributed by atoms with van der Waals surface area (Å²) < 4.78 is 0. The van der Waals surface area contributed by atoms with Gasteiger partial charge in [-0.3, -0.25) is 4.79 Å². The van der Waals surface area contributed by atoms with Crippen molar-refractivity contribution in [2.24, 2.45) is 11.1 Å². The number of amides is 1. The van der Waals surface area contributed by atoms with Crippen LogP contribution in [0.5, 0.6) is 0 Å². The molecule has 21 heavy (non-hydrogen) atoms. The minimum absolute atomic E-state index is 0.283. The monoisotopic (exact) mass is 306 g/mol. The molecule has 1 aromatic rings. The highest BCUT2D eigenvalue weighted by Gasteiger charge is 2.44.